The van der Waals surface area contributed by atoms with Crippen molar-refractivity contribution in [2.75, 3.05) is 7.11 Å². The molecule has 0 radical (unpaired) electrons. The fraction of sp³-hybridized carbons (Fsp3) is 0.286. The first-order valence-electron chi connectivity index (χ1n) is 5.59. The Kier molecular flexibility index (Phi) is 3.49. The molecule has 1 aromatic carbocycles. The van der Waals surface area contributed by atoms with Gasteiger partial charge in [0, 0.05) is 18.4 Å². The molecule has 2 aromatic rings. The highest BCUT2D eigenvalue weighted by Crippen LogP contribution is 2.17. The van der Waals surface area contributed by atoms with Gasteiger partial charge in [0.05, 0.1) is 12.3 Å². The Morgan fingerprint density at radius 3 is 2.65 bits per heavy atom. The Hall–Kier alpha value is -1.74. The van der Waals surface area contributed by atoms with E-state index in [1.54, 1.807) is 7.11 Å². The Morgan fingerprint density at radius 2 is 1.94 bits per heavy atom. The molecular formula is C14H16N2O. The Bertz CT molecular complexity index is 523. The maximum absolute atomic E-state index is 5.11. The van der Waals surface area contributed by atoms with Crippen molar-refractivity contribution in [3.63, 3.8) is 0 Å². The second kappa shape index (κ2) is 5.06. The van der Waals surface area contributed by atoms with Crippen LogP contribution in [0.2, 0.25) is 0 Å². The maximum Gasteiger partial charge on any atom is 0.159 e. The maximum atomic E-state index is 5.11. The van der Waals surface area contributed by atoms with Crippen molar-refractivity contribution >= 4 is 0 Å². The molecular weight excluding hydrogens is 212 g/mol. The average molecular weight is 228 g/mol. The van der Waals surface area contributed by atoms with E-state index in [9.17, 15) is 0 Å². The quantitative estimate of drug-likeness (QED) is 0.810. The fourth-order valence-corrected chi connectivity index (χ4v) is 1.77. The number of benzene rings is 1. The number of rotatable bonds is 3. The van der Waals surface area contributed by atoms with Gasteiger partial charge in [0.15, 0.2) is 5.82 Å². The first-order valence-corrected chi connectivity index (χ1v) is 5.59. The van der Waals surface area contributed by atoms with Crippen molar-refractivity contribution in [3.05, 3.63) is 47.3 Å². The topological polar surface area (TPSA) is 35.0 Å². The zero-order chi connectivity index (χ0) is 12.3. The lowest BCUT2D eigenvalue weighted by Crippen LogP contribution is -1.99. The highest BCUT2D eigenvalue weighted by atomic mass is 16.5. The molecule has 0 N–H and O–H groups in total. The number of aromatic nitrogens is 2. The van der Waals surface area contributed by atoms with Gasteiger partial charge in [-0.05, 0) is 26.0 Å². The van der Waals surface area contributed by atoms with Crippen molar-refractivity contribution < 1.29 is 4.74 Å². The van der Waals surface area contributed by atoms with Gasteiger partial charge in [0.2, 0.25) is 0 Å². The van der Waals surface area contributed by atoms with Gasteiger partial charge in [0.1, 0.15) is 0 Å². The summed E-state index contributed by atoms with van der Waals surface area (Å²) in [6.07, 6.45) is 0. The lowest BCUT2D eigenvalue weighted by atomic mass is 10.1. The second-order valence-electron chi connectivity index (χ2n) is 4.13. The standard InChI is InChI=1S/C14H16N2O/c1-10-5-4-6-12(7-10)14-15-11(2)8-13(16-14)9-17-3/h4-8H,9H2,1-3H3. The largest absolute Gasteiger partial charge is 0.378 e. The van der Waals surface area contributed by atoms with E-state index in [-0.39, 0.29) is 0 Å². The number of hydrogen-bond donors (Lipinski definition) is 0. The number of hydrogen-bond acceptors (Lipinski definition) is 3. The summed E-state index contributed by atoms with van der Waals surface area (Å²) in [4.78, 5) is 8.96. The van der Waals surface area contributed by atoms with Gasteiger partial charge in [-0.1, -0.05) is 23.8 Å². The van der Waals surface area contributed by atoms with Crippen LogP contribution < -0.4 is 0 Å². The van der Waals surface area contributed by atoms with Crippen LogP contribution in [0, 0.1) is 13.8 Å². The minimum absolute atomic E-state index is 0.516. The fourth-order valence-electron chi connectivity index (χ4n) is 1.77. The van der Waals surface area contributed by atoms with E-state index in [2.05, 4.69) is 29.0 Å². The summed E-state index contributed by atoms with van der Waals surface area (Å²) in [6.45, 7) is 4.55. The lowest BCUT2D eigenvalue weighted by molar-refractivity contribution is 0.181. The minimum Gasteiger partial charge on any atom is -0.378 e. The van der Waals surface area contributed by atoms with E-state index in [0.717, 1.165) is 22.8 Å². The van der Waals surface area contributed by atoms with Gasteiger partial charge < -0.3 is 4.74 Å². The van der Waals surface area contributed by atoms with E-state index in [4.69, 9.17) is 4.74 Å². The summed E-state index contributed by atoms with van der Waals surface area (Å²) in [7, 11) is 1.67. The number of ether oxygens (including phenoxy) is 1. The van der Waals surface area contributed by atoms with Crippen LogP contribution >= 0.6 is 0 Å². The molecule has 88 valence electrons. The van der Waals surface area contributed by atoms with Gasteiger partial charge in [-0.3, -0.25) is 0 Å². The van der Waals surface area contributed by atoms with Crippen molar-refractivity contribution in [1.82, 2.24) is 9.97 Å². The highest BCUT2D eigenvalue weighted by molar-refractivity contribution is 5.56. The normalized spacial score (nSPS) is 10.5. The molecule has 0 amide bonds. The van der Waals surface area contributed by atoms with Crippen molar-refractivity contribution in [1.29, 1.82) is 0 Å². The molecule has 1 heterocycles. The third-order valence-electron chi connectivity index (χ3n) is 2.48. The molecule has 0 aliphatic rings. The van der Waals surface area contributed by atoms with Crippen LogP contribution in [0.1, 0.15) is 17.0 Å². The predicted molar refractivity (Wildman–Crippen MR) is 67.7 cm³/mol. The van der Waals surface area contributed by atoms with E-state index >= 15 is 0 Å². The number of methoxy groups -OCH3 is 1. The zero-order valence-corrected chi connectivity index (χ0v) is 10.4. The van der Waals surface area contributed by atoms with E-state index in [0.29, 0.717) is 6.61 Å². The Balaban J connectivity index is 2.44. The van der Waals surface area contributed by atoms with Gasteiger partial charge in [-0.25, -0.2) is 9.97 Å². The zero-order valence-electron chi connectivity index (χ0n) is 10.4. The molecule has 3 heteroatoms. The molecule has 2 rings (SSSR count). The van der Waals surface area contributed by atoms with Crippen molar-refractivity contribution in [2.45, 2.75) is 20.5 Å². The molecule has 17 heavy (non-hydrogen) atoms. The summed E-state index contributed by atoms with van der Waals surface area (Å²) in [5.74, 6) is 0.765. The van der Waals surface area contributed by atoms with Crippen LogP contribution in [0.5, 0.6) is 0 Å². The Morgan fingerprint density at radius 1 is 1.12 bits per heavy atom. The summed E-state index contributed by atoms with van der Waals surface area (Å²) in [6, 6.07) is 10.1. The molecule has 0 bridgehead atoms. The van der Waals surface area contributed by atoms with Crippen LogP contribution in [0.3, 0.4) is 0 Å². The molecule has 0 spiro atoms. The summed E-state index contributed by atoms with van der Waals surface area (Å²) in [5, 5.41) is 0. The van der Waals surface area contributed by atoms with Crippen LogP contribution in [-0.2, 0) is 11.3 Å². The second-order valence-corrected chi connectivity index (χ2v) is 4.13. The summed E-state index contributed by atoms with van der Waals surface area (Å²) in [5.41, 5.74) is 4.13. The third-order valence-corrected chi connectivity index (χ3v) is 2.48. The van der Waals surface area contributed by atoms with Crippen molar-refractivity contribution in [2.24, 2.45) is 0 Å². The van der Waals surface area contributed by atoms with Crippen LogP contribution in [0.4, 0.5) is 0 Å². The molecule has 0 fully saturated rings. The van der Waals surface area contributed by atoms with Gasteiger partial charge in [-0.2, -0.15) is 0 Å². The van der Waals surface area contributed by atoms with Gasteiger partial charge in [0.25, 0.3) is 0 Å². The molecule has 3 nitrogen and oxygen atoms in total. The first kappa shape index (κ1) is 11.7. The molecule has 0 atom stereocenters. The monoisotopic (exact) mass is 228 g/mol. The smallest absolute Gasteiger partial charge is 0.159 e. The highest BCUT2D eigenvalue weighted by Gasteiger charge is 2.05. The minimum atomic E-state index is 0.516. The molecule has 0 aliphatic heterocycles. The molecule has 0 unspecified atom stereocenters. The number of aryl methyl sites for hydroxylation is 2. The Labute approximate surface area is 102 Å². The summed E-state index contributed by atoms with van der Waals surface area (Å²) < 4.78 is 5.11. The van der Waals surface area contributed by atoms with Crippen LogP contribution in [-0.4, -0.2) is 17.1 Å². The lowest BCUT2D eigenvalue weighted by Gasteiger charge is -2.06. The van der Waals surface area contributed by atoms with Crippen LogP contribution in [0.25, 0.3) is 11.4 Å². The summed E-state index contributed by atoms with van der Waals surface area (Å²) >= 11 is 0. The average Bonchev–Trinajstić information content (AvgIpc) is 2.28. The van der Waals surface area contributed by atoms with Crippen molar-refractivity contribution in [3.8, 4) is 11.4 Å². The molecule has 0 saturated carbocycles. The number of nitrogens with zero attached hydrogens (tertiary/aromatic N) is 2. The molecule has 0 saturated heterocycles. The van der Waals surface area contributed by atoms with E-state index in [1.807, 2.05) is 25.1 Å². The van der Waals surface area contributed by atoms with E-state index in [1.165, 1.54) is 5.56 Å². The first-order chi connectivity index (χ1) is 8.19. The molecule has 0 aliphatic carbocycles. The van der Waals surface area contributed by atoms with E-state index < -0.39 is 0 Å². The third kappa shape index (κ3) is 2.88. The SMILES string of the molecule is COCc1cc(C)nc(-c2cccc(C)c2)n1. The van der Waals surface area contributed by atoms with Gasteiger partial charge >= 0.3 is 0 Å². The molecule has 1 aromatic heterocycles. The van der Waals surface area contributed by atoms with Gasteiger partial charge in [-0.15, -0.1) is 0 Å². The van der Waals surface area contributed by atoms with Crippen LogP contribution in [0.15, 0.2) is 30.3 Å². The predicted octanol–water partition coefficient (Wildman–Crippen LogP) is 2.91.